The van der Waals surface area contributed by atoms with Crippen LogP contribution in [0.5, 0.6) is 0 Å². The molecule has 0 aromatic heterocycles. The second-order valence-corrected chi connectivity index (χ2v) is 3.52. The van der Waals surface area contributed by atoms with E-state index in [2.05, 4.69) is 17.2 Å². The summed E-state index contributed by atoms with van der Waals surface area (Å²) in [6, 6.07) is 4.83. The SMILES string of the molecule is CC(=O)NCCC#Cc1cc(C)ccc1F. The summed E-state index contributed by atoms with van der Waals surface area (Å²) in [5.74, 6) is 5.18. The van der Waals surface area contributed by atoms with Gasteiger partial charge in [-0.25, -0.2) is 4.39 Å². The highest BCUT2D eigenvalue weighted by molar-refractivity contribution is 5.72. The van der Waals surface area contributed by atoms with Gasteiger partial charge in [0, 0.05) is 19.9 Å². The standard InChI is InChI=1S/C13H14FNO/c1-10-6-7-13(14)12(9-10)5-3-4-8-15-11(2)16/h6-7,9H,4,8H2,1-2H3,(H,15,16). The zero-order chi connectivity index (χ0) is 12.0. The largest absolute Gasteiger partial charge is 0.355 e. The van der Waals surface area contributed by atoms with Gasteiger partial charge in [0.25, 0.3) is 0 Å². The lowest BCUT2D eigenvalue weighted by molar-refractivity contribution is -0.118. The van der Waals surface area contributed by atoms with Crippen LogP contribution in [0.15, 0.2) is 18.2 Å². The Balaban J connectivity index is 2.56. The van der Waals surface area contributed by atoms with Crippen LogP contribution in [0, 0.1) is 24.6 Å². The molecule has 0 fully saturated rings. The fourth-order valence-corrected chi connectivity index (χ4v) is 1.19. The average molecular weight is 219 g/mol. The molecule has 0 saturated carbocycles. The molecule has 2 nitrogen and oxygen atoms in total. The first-order valence-electron chi connectivity index (χ1n) is 5.09. The molecule has 0 aliphatic rings. The minimum absolute atomic E-state index is 0.0801. The third-order valence-electron chi connectivity index (χ3n) is 1.97. The zero-order valence-corrected chi connectivity index (χ0v) is 9.43. The number of carbonyl (C=O) groups excluding carboxylic acids is 1. The Labute approximate surface area is 94.9 Å². The zero-order valence-electron chi connectivity index (χ0n) is 9.43. The van der Waals surface area contributed by atoms with Crippen molar-refractivity contribution in [1.82, 2.24) is 5.32 Å². The minimum atomic E-state index is -0.308. The van der Waals surface area contributed by atoms with Gasteiger partial charge in [0.05, 0.1) is 5.56 Å². The summed E-state index contributed by atoms with van der Waals surface area (Å²) in [5, 5.41) is 2.62. The van der Waals surface area contributed by atoms with Crippen molar-refractivity contribution in [2.24, 2.45) is 0 Å². The van der Waals surface area contributed by atoms with Crippen LogP contribution in [0.25, 0.3) is 0 Å². The van der Waals surface area contributed by atoms with Gasteiger partial charge in [-0.2, -0.15) is 0 Å². The van der Waals surface area contributed by atoms with Crippen LogP contribution in [-0.2, 0) is 4.79 Å². The highest BCUT2D eigenvalue weighted by atomic mass is 19.1. The van der Waals surface area contributed by atoms with Gasteiger partial charge >= 0.3 is 0 Å². The van der Waals surface area contributed by atoms with Crippen LogP contribution in [0.2, 0.25) is 0 Å². The Morgan fingerprint density at radius 3 is 2.94 bits per heavy atom. The summed E-state index contributed by atoms with van der Waals surface area (Å²) in [6.07, 6.45) is 0.521. The number of amides is 1. The van der Waals surface area contributed by atoms with E-state index < -0.39 is 0 Å². The van der Waals surface area contributed by atoms with Crippen molar-refractivity contribution in [2.45, 2.75) is 20.3 Å². The normalized spacial score (nSPS) is 9.19. The minimum Gasteiger partial charge on any atom is -0.355 e. The van der Waals surface area contributed by atoms with Crippen LogP contribution in [0.3, 0.4) is 0 Å². The molecule has 0 radical (unpaired) electrons. The third kappa shape index (κ3) is 4.14. The van der Waals surface area contributed by atoms with Gasteiger partial charge in [0.1, 0.15) is 5.82 Å². The van der Waals surface area contributed by atoms with Gasteiger partial charge < -0.3 is 5.32 Å². The molecule has 0 unspecified atom stereocenters. The van der Waals surface area contributed by atoms with Gasteiger partial charge in [0.2, 0.25) is 5.91 Å². The van der Waals surface area contributed by atoms with E-state index in [0.29, 0.717) is 18.5 Å². The second kappa shape index (κ2) is 5.92. The van der Waals surface area contributed by atoms with Crippen molar-refractivity contribution in [3.63, 3.8) is 0 Å². The van der Waals surface area contributed by atoms with Crippen LogP contribution in [-0.4, -0.2) is 12.5 Å². The number of aryl methyl sites for hydroxylation is 1. The summed E-state index contributed by atoms with van der Waals surface area (Å²) >= 11 is 0. The van der Waals surface area contributed by atoms with Crippen molar-refractivity contribution < 1.29 is 9.18 Å². The molecule has 0 aliphatic carbocycles. The van der Waals surface area contributed by atoms with Crippen molar-refractivity contribution in [1.29, 1.82) is 0 Å². The molecule has 84 valence electrons. The van der Waals surface area contributed by atoms with Crippen molar-refractivity contribution in [3.05, 3.63) is 35.1 Å². The molecule has 0 atom stereocenters. The Kier molecular flexibility index (Phi) is 4.53. The molecular formula is C13H14FNO. The summed E-state index contributed by atoms with van der Waals surface area (Å²) in [4.78, 5) is 10.6. The van der Waals surface area contributed by atoms with Crippen molar-refractivity contribution in [2.75, 3.05) is 6.54 Å². The summed E-state index contributed by atoms with van der Waals surface area (Å²) in [7, 11) is 0. The predicted molar refractivity (Wildman–Crippen MR) is 61.3 cm³/mol. The number of hydrogen-bond donors (Lipinski definition) is 1. The molecule has 16 heavy (non-hydrogen) atoms. The molecule has 0 spiro atoms. The molecule has 1 N–H and O–H groups in total. The van der Waals surface area contributed by atoms with E-state index in [1.165, 1.54) is 13.0 Å². The summed E-state index contributed by atoms with van der Waals surface area (Å²) < 4.78 is 13.2. The Morgan fingerprint density at radius 2 is 2.25 bits per heavy atom. The number of rotatable bonds is 2. The first kappa shape index (κ1) is 12.3. The maximum atomic E-state index is 13.2. The van der Waals surface area contributed by atoms with E-state index >= 15 is 0 Å². The van der Waals surface area contributed by atoms with E-state index in [1.807, 2.05) is 6.92 Å². The van der Waals surface area contributed by atoms with E-state index in [9.17, 15) is 9.18 Å². The monoisotopic (exact) mass is 219 g/mol. The van der Waals surface area contributed by atoms with Gasteiger partial charge in [-0.1, -0.05) is 17.9 Å². The first-order valence-corrected chi connectivity index (χ1v) is 5.09. The molecule has 0 heterocycles. The first-order chi connectivity index (χ1) is 7.59. The van der Waals surface area contributed by atoms with E-state index in [4.69, 9.17) is 0 Å². The van der Waals surface area contributed by atoms with Crippen LogP contribution < -0.4 is 5.32 Å². The molecule has 0 bridgehead atoms. The van der Waals surface area contributed by atoms with E-state index in [1.54, 1.807) is 12.1 Å². The summed E-state index contributed by atoms with van der Waals surface area (Å²) in [5.41, 5.74) is 1.38. The van der Waals surface area contributed by atoms with Crippen LogP contribution in [0.1, 0.15) is 24.5 Å². The maximum absolute atomic E-state index is 13.2. The molecule has 1 aromatic carbocycles. The Morgan fingerprint density at radius 1 is 1.50 bits per heavy atom. The average Bonchev–Trinajstić information content (AvgIpc) is 2.22. The number of benzene rings is 1. The van der Waals surface area contributed by atoms with Crippen molar-refractivity contribution >= 4 is 5.91 Å². The topological polar surface area (TPSA) is 29.1 Å². The Bertz CT molecular complexity index is 443. The number of hydrogen-bond acceptors (Lipinski definition) is 1. The van der Waals surface area contributed by atoms with Gasteiger partial charge in [-0.05, 0) is 24.6 Å². The number of halogens is 1. The molecule has 1 aromatic rings. The fraction of sp³-hybridized carbons (Fsp3) is 0.308. The highest BCUT2D eigenvalue weighted by Gasteiger charge is 1.97. The predicted octanol–water partition coefficient (Wildman–Crippen LogP) is 2.01. The lowest BCUT2D eigenvalue weighted by Gasteiger charge is -1.97. The highest BCUT2D eigenvalue weighted by Crippen LogP contribution is 2.08. The molecule has 1 amide bonds. The fourth-order valence-electron chi connectivity index (χ4n) is 1.19. The molecule has 3 heteroatoms. The van der Waals surface area contributed by atoms with Crippen LogP contribution >= 0.6 is 0 Å². The lowest BCUT2D eigenvalue weighted by Crippen LogP contribution is -2.20. The van der Waals surface area contributed by atoms with E-state index in [-0.39, 0.29) is 11.7 Å². The second-order valence-electron chi connectivity index (χ2n) is 3.52. The lowest BCUT2D eigenvalue weighted by atomic mass is 10.1. The molecule has 0 saturated heterocycles. The summed E-state index contributed by atoms with van der Waals surface area (Å²) in [6.45, 7) is 3.84. The quantitative estimate of drug-likeness (QED) is 0.598. The molecule has 0 aliphatic heterocycles. The molecule has 1 rings (SSSR count). The maximum Gasteiger partial charge on any atom is 0.216 e. The van der Waals surface area contributed by atoms with Gasteiger partial charge in [0.15, 0.2) is 0 Å². The number of carbonyl (C=O) groups is 1. The van der Waals surface area contributed by atoms with Crippen molar-refractivity contribution in [3.8, 4) is 11.8 Å². The van der Waals surface area contributed by atoms with E-state index in [0.717, 1.165) is 5.56 Å². The van der Waals surface area contributed by atoms with Gasteiger partial charge in [-0.3, -0.25) is 4.79 Å². The Hall–Kier alpha value is -1.82. The third-order valence-corrected chi connectivity index (χ3v) is 1.97. The number of nitrogens with one attached hydrogen (secondary N) is 1. The van der Waals surface area contributed by atoms with Crippen LogP contribution in [0.4, 0.5) is 4.39 Å². The smallest absolute Gasteiger partial charge is 0.216 e. The van der Waals surface area contributed by atoms with Gasteiger partial charge in [-0.15, -0.1) is 0 Å². The molecular weight excluding hydrogens is 205 g/mol.